The first kappa shape index (κ1) is 36.0. The molecule has 42 heavy (non-hydrogen) atoms. The normalized spacial score (nSPS) is 23.5. The van der Waals surface area contributed by atoms with Crippen molar-refractivity contribution in [3.63, 3.8) is 0 Å². The van der Waals surface area contributed by atoms with E-state index in [1.54, 1.807) is 0 Å². The molecular formula is C36H56N2O3S. The fourth-order valence-electron chi connectivity index (χ4n) is 7.06. The Morgan fingerprint density at radius 1 is 0.738 bits per heavy atom. The molecule has 1 aromatic carbocycles. The molecule has 0 bridgehead atoms. The predicted octanol–water partition coefficient (Wildman–Crippen LogP) is 7.90. The number of aryl methyl sites for hydroxylation is 1. The third-order valence-electron chi connectivity index (χ3n) is 9.26. The number of carbonyl (C=O) groups excluding carboxylic acids is 3. The quantitative estimate of drug-likeness (QED) is 0.233. The molecule has 2 aliphatic rings. The van der Waals surface area contributed by atoms with Gasteiger partial charge in [-0.3, -0.25) is 0 Å². The fourth-order valence-corrected chi connectivity index (χ4v) is 8.08. The van der Waals surface area contributed by atoms with Crippen molar-refractivity contribution in [3.8, 4) is 0 Å². The van der Waals surface area contributed by atoms with E-state index >= 15 is 0 Å². The maximum absolute atomic E-state index is 10.6. The molecule has 0 saturated heterocycles. The first-order chi connectivity index (χ1) is 20.3. The third kappa shape index (κ3) is 12.6. The van der Waals surface area contributed by atoms with Crippen LogP contribution >= 0.6 is 11.3 Å². The van der Waals surface area contributed by atoms with Crippen molar-refractivity contribution in [2.45, 2.75) is 96.1 Å². The summed E-state index contributed by atoms with van der Waals surface area (Å²) in [4.78, 5) is 36.3. The summed E-state index contributed by atoms with van der Waals surface area (Å²) >= 11 is 1.87. The van der Waals surface area contributed by atoms with Gasteiger partial charge in [-0.1, -0.05) is 36.4 Å². The van der Waals surface area contributed by atoms with E-state index in [1.165, 1.54) is 75.2 Å². The smallest absolute Gasteiger partial charge is 0.120 e. The minimum absolute atomic E-state index is 0.558. The molecule has 0 aliphatic heterocycles. The Bertz CT molecular complexity index is 963. The van der Waals surface area contributed by atoms with Gasteiger partial charge >= 0.3 is 0 Å². The molecule has 5 nitrogen and oxygen atoms in total. The van der Waals surface area contributed by atoms with E-state index in [4.69, 9.17) is 4.79 Å². The van der Waals surface area contributed by atoms with Crippen molar-refractivity contribution in [2.75, 3.05) is 28.2 Å². The van der Waals surface area contributed by atoms with Gasteiger partial charge in [-0.2, -0.15) is 0 Å². The average molecular weight is 597 g/mol. The summed E-state index contributed by atoms with van der Waals surface area (Å²) in [6.07, 6.45) is 16.9. The van der Waals surface area contributed by atoms with Crippen LogP contribution < -0.4 is 0 Å². The molecule has 0 radical (unpaired) electrons. The van der Waals surface area contributed by atoms with Gasteiger partial charge in [0.15, 0.2) is 0 Å². The Morgan fingerprint density at radius 3 is 1.69 bits per heavy atom. The van der Waals surface area contributed by atoms with E-state index < -0.39 is 0 Å². The Kier molecular flexibility index (Phi) is 17.8. The minimum Gasteiger partial charge on any atom is -0.306 e. The van der Waals surface area contributed by atoms with Gasteiger partial charge in [0.25, 0.3) is 0 Å². The lowest BCUT2D eigenvalue weighted by Crippen LogP contribution is -2.37. The lowest BCUT2D eigenvalue weighted by molar-refractivity contribution is -0.109. The maximum Gasteiger partial charge on any atom is 0.120 e. The summed E-state index contributed by atoms with van der Waals surface area (Å²) in [6.45, 7) is 1.44. The van der Waals surface area contributed by atoms with Crippen LogP contribution in [0.15, 0.2) is 47.8 Å². The summed E-state index contributed by atoms with van der Waals surface area (Å²) in [7, 11) is 8.80. The monoisotopic (exact) mass is 596 g/mol. The molecule has 2 fully saturated rings. The first-order valence-corrected chi connectivity index (χ1v) is 16.9. The summed E-state index contributed by atoms with van der Waals surface area (Å²) in [5, 5.41) is 2.17. The van der Waals surface area contributed by atoms with Crippen molar-refractivity contribution in [3.05, 3.63) is 58.3 Å². The fraction of sp³-hybridized carbons (Fsp3) is 0.639. The molecule has 2 unspecified atom stereocenters. The summed E-state index contributed by atoms with van der Waals surface area (Å²) in [6, 6.07) is 16.4. The zero-order chi connectivity index (χ0) is 30.7. The molecule has 6 heteroatoms. The summed E-state index contributed by atoms with van der Waals surface area (Å²) < 4.78 is 0. The Labute approximate surface area is 260 Å². The lowest BCUT2D eigenvalue weighted by atomic mass is 9.76. The molecular weight excluding hydrogens is 540 g/mol. The zero-order valence-corrected chi connectivity index (χ0v) is 27.6. The third-order valence-corrected chi connectivity index (χ3v) is 10.2. The van der Waals surface area contributed by atoms with Crippen LogP contribution in [0.25, 0.3) is 0 Å². The largest absolute Gasteiger partial charge is 0.306 e. The lowest BCUT2D eigenvalue weighted by Gasteiger charge is -2.37. The van der Waals surface area contributed by atoms with E-state index in [9.17, 15) is 9.59 Å². The van der Waals surface area contributed by atoms with Gasteiger partial charge in [0.1, 0.15) is 18.9 Å². The van der Waals surface area contributed by atoms with Gasteiger partial charge in [-0.25, -0.2) is 0 Å². The Morgan fingerprint density at radius 2 is 1.26 bits per heavy atom. The minimum atomic E-state index is 0.558. The van der Waals surface area contributed by atoms with Crippen molar-refractivity contribution < 1.29 is 14.4 Å². The second-order valence-corrected chi connectivity index (χ2v) is 13.6. The zero-order valence-electron chi connectivity index (χ0n) is 26.8. The van der Waals surface area contributed by atoms with Crippen LogP contribution in [-0.4, -0.2) is 62.9 Å². The van der Waals surface area contributed by atoms with Crippen molar-refractivity contribution in [2.24, 2.45) is 23.7 Å². The predicted molar refractivity (Wildman–Crippen MR) is 177 cm³/mol. The van der Waals surface area contributed by atoms with Crippen LogP contribution in [0.2, 0.25) is 0 Å². The highest BCUT2D eigenvalue weighted by Gasteiger charge is 2.30. The van der Waals surface area contributed by atoms with Gasteiger partial charge in [-0.05, 0) is 140 Å². The molecule has 4 rings (SSSR count). The first-order valence-electron chi connectivity index (χ1n) is 16.0. The topological polar surface area (TPSA) is 57.7 Å². The number of hydrogen-bond donors (Lipinski definition) is 0. The van der Waals surface area contributed by atoms with Crippen LogP contribution in [0.1, 0.15) is 94.0 Å². The highest BCUT2D eigenvalue weighted by Crippen LogP contribution is 2.41. The molecule has 0 amide bonds. The summed E-state index contributed by atoms with van der Waals surface area (Å²) in [5.41, 5.74) is 1.44. The molecule has 2 saturated carbocycles. The van der Waals surface area contributed by atoms with E-state index in [0.29, 0.717) is 23.9 Å². The van der Waals surface area contributed by atoms with Crippen LogP contribution in [-0.2, 0) is 20.8 Å². The van der Waals surface area contributed by atoms with Crippen LogP contribution in [0.4, 0.5) is 0 Å². The Hall–Kier alpha value is -2.15. The number of benzene rings is 1. The number of thiophene rings is 1. The van der Waals surface area contributed by atoms with Crippen LogP contribution in [0, 0.1) is 23.7 Å². The van der Waals surface area contributed by atoms with Gasteiger partial charge in [0.05, 0.1) is 0 Å². The second-order valence-electron chi connectivity index (χ2n) is 12.6. The number of aldehydes is 3. The molecule has 2 aromatic rings. The standard InChI is InChI=1S/C19H29NO.C15H23NOS.C2H4O/c1-20(2)19(13-10-16-6-4-3-5-7-16)18-11-8-17(9-12-18)14-15-21;1-16(2)15(14-4-3-11-18-14)13-7-5-12(6-8-13)9-10-17;1-2-3/h3-7,15,17-19H,8-14H2,1-2H3;3-4,10-13,15H,5-9H2,1-2H3;2H,1H3. The molecule has 2 aliphatic carbocycles. The molecule has 0 N–H and O–H groups in total. The molecule has 1 aromatic heterocycles. The molecule has 1 heterocycles. The number of nitrogens with zero attached hydrogens (tertiary/aromatic N) is 2. The van der Waals surface area contributed by atoms with Gasteiger partial charge in [-0.15, -0.1) is 11.3 Å². The Balaban J connectivity index is 0.000000271. The van der Waals surface area contributed by atoms with E-state index in [2.05, 4.69) is 85.8 Å². The van der Waals surface area contributed by atoms with E-state index in [-0.39, 0.29) is 0 Å². The maximum atomic E-state index is 10.6. The second kappa shape index (κ2) is 20.7. The van der Waals surface area contributed by atoms with Crippen molar-refractivity contribution in [1.29, 1.82) is 0 Å². The van der Waals surface area contributed by atoms with Gasteiger partial charge in [0.2, 0.25) is 0 Å². The molecule has 234 valence electrons. The molecule has 2 atom stereocenters. The average Bonchev–Trinajstić information content (AvgIpc) is 3.51. The van der Waals surface area contributed by atoms with Crippen molar-refractivity contribution >= 4 is 30.2 Å². The highest BCUT2D eigenvalue weighted by atomic mass is 32.1. The molecule has 0 spiro atoms. The van der Waals surface area contributed by atoms with E-state index in [0.717, 1.165) is 50.0 Å². The van der Waals surface area contributed by atoms with E-state index in [1.807, 2.05) is 11.3 Å². The highest BCUT2D eigenvalue weighted by molar-refractivity contribution is 7.10. The number of hydrogen-bond acceptors (Lipinski definition) is 6. The van der Waals surface area contributed by atoms with Gasteiger partial charge < -0.3 is 24.2 Å². The SMILES string of the molecule is CC=O.CN(C)C(CCc1ccccc1)C1CCC(CC=O)CC1.CN(C)C(c1cccs1)C1CCC(CC=O)CC1. The summed E-state index contributed by atoms with van der Waals surface area (Å²) in [5.74, 6) is 2.84. The van der Waals surface area contributed by atoms with Gasteiger partial charge in [0, 0.05) is 29.8 Å². The van der Waals surface area contributed by atoms with Crippen molar-refractivity contribution in [1.82, 2.24) is 9.80 Å². The van der Waals surface area contributed by atoms with Crippen LogP contribution in [0.3, 0.4) is 0 Å². The van der Waals surface area contributed by atoms with Crippen LogP contribution in [0.5, 0.6) is 0 Å². The number of carbonyl (C=O) groups is 3. The number of rotatable bonds is 12.